The molecule has 1 fully saturated rings. The van der Waals surface area contributed by atoms with Crippen molar-refractivity contribution in [3.8, 4) is 5.75 Å². The Hall–Kier alpha value is -3.32. The lowest BCUT2D eigenvalue weighted by atomic mass is 10.1. The quantitative estimate of drug-likeness (QED) is 0.433. The zero-order valence-electron chi connectivity index (χ0n) is 20.5. The van der Waals surface area contributed by atoms with E-state index in [4.69, 9.17) is 4.74 Å². The minimum absolute atomic E-state index is 0.143. The molecule has 0 aliphatic heterocycles. The molecule has 1 N–H and O–H groups in total. The van der Waals surface area contributed by atoms with Crippen LogP contribution in [0.3, 0.4) is 0 Å². The molecular formula is C28H32N2O4S. The van der Waals surface area contributed by atoms with Crippen LogP contribution in [-0.4, -0.2) is 27.0 Å². The molecule has 184 valence electrons. The van der Waals surface area contributed by atoms with Crippen molar-refractivity contribution in [3.05, 3.63) is 83.4 Å². The first-order valence-corrected chi connectivity index (χ1v) is 13.4. The Kier molecular flexibility index (Phi) is 7.45. The molecule has 1 saturated carbocycles. The summed E-state index contributed by atoms with van der Waals surface area (Å²) in [4.78, 5) is 13.2. The van der Waals surface area contributed by atoms with Crippen LogP contribution in [0.25, 0.3) is 0 Å². The second kappa shape index (κ2) is 10.5. The Balaban J connectivity index is 1.54. The molecular weight excluding hydrogens is 460 g/mol. The number of carbonyl (C=O) groups excluding carboxylic acids is 1. The van der Waals surface area contributed by atoms with E-state index in [2.05, 4.69) is 5.32 Å². The fourth-order valence-corrected chi connectivity index (χ4v) is 5.85. The summed E-state index contributed by atoms with van der Waals surface area (Å²) in [7, 11) is -3.96. The number of amides is 1. The van der Waals surface area contributed by atoms with E-state index in [1.54, 1.807) is 42.5 Å². The number of anilines is 2. The number of aryl methyl sites for hydroxylation is 3. The third kappa shape index (κ3) is 6.03. The number of nitrogens with zero attached hydrogens (tertiary/aromatic N) is 1. The third-order valence-corrected chi connectivity index (χ3v) is 8.03. The van der Waals surface area contributed by atoms with Crippen molar-refractivity contribution in [2.75, 3.05) is 16.2 Å². The van der Waals surface area contributed by atoms with E-state index in [1.165, 1.54) is 17.1 Å². The summed E-state index contributed by atoms with van der Waals surface area (Å²) < 4.78 is 34.4. The number of hydrogen-bond donors (Lipinski definition) is 1. The van der Waals surface area contributed by atoms with Crippen molar-refractivity contribution in [2.45, 2.75) is 57.5 Å². The lowest BCUT2D eigenvalue weighted by Crippen LogP contribution is -2.38. The summed E-state index contributed by atoms with van der Waals surface area (Å²) in [5.41, 5.74) is 3.82. The SMILES string of the molecule is Cc1ccc(S(=O)(=O)N(CC(=O)Nc2ccc(OC3CCCC3)cc2)c2ccc(C)cc2C)cc1. The lowest BCUT2D eigenvalue weighted by Gasteiger charge is -2.26. The number of nitrogens with one attached hydrogen (secondary N) is 1. The topological polar surface area (TPSA) is 75.7 Å². The summed E-state index contributed by atoms with van der Waals surface area (Å²) in [6, 6.07) is 19.4. The minimum atomic E-state index is -3.96. The van der Waals surface area contributed by atoms with Gasteiger partial charge >= 0.3 is 0 Å². The molecule has 0 aromatic heterocycles. The van der Waals surface area contributed by atoms with Gasteiger partial charge in [0.05, 0.1) is 16.7 Å². The normalized spacial score (nSPS) is 14.0. The molecule has 6 nitrogen and oxygen atoms in total. The van der Waals surface area contributed by atoms with E-state index in [0.29, 0.717) is 11.4 Å². The van der Waals surface area contributed by atoms with Gasteiger partial charge in [-0.2, -0.15) is 0 Å². The van der Waals surface area contributed by atoms with Gasteiger partial charge in [-0.3, -0.25) is 9.10 Å². The second-order valence-electron chi connectivity index (χ2n) is 9.21. The summed E-state index contributed by atoms with van der Waals surface area (Å²) in [6.45, 7) is 5.35. The summed E-state index contributed by atoms with van der Waals surface area (Å²) in [6.07, 6.45) is 4.79. The van der Waals surface area contributed by atoms with Crippen LogP contribution in [-0.2, 0) is 14.8 Å². The maximum absolute atomic E-state index is 13.6. The third-order valence-electron chi connectivity index (χ3n) is 6.26. The van der Waals surface area contributed by atoms with E-state index in [-0.39, 0.29) is 17.5 Å². The van der Waals surface area contributed by atoms with Crippen molar-refractivity contribution in [1.29, 1.82) is 0 Å². The molecule has 0 spiro atoms. The van der Waals surface area contributed by atoms with Crippen LogP contribution < -0.4 is 14.4 Å². The van der Waals surface area contributed by atoms with Crippen molar-refractivity contribution in [3.63, 3.8) is 0 Å². The average molecular weight is 493 g/mol. The van der Waals surface area contributed by atoms with Crippen molar-refractivity contribution in [2.24, 2.45) is 0 Å². The maximum Gasteiger partial charge on any atom is 0.264 e. The summed E-state index contributed by atoms with van der Waals surface area (Å²) >= 11 is 0. The molecule has 3 aromatic rings. The second-order valence-corrected chi connectivity index (χ2v) is 11.1. The van der Waals surface area contributed by atoms with Crippen LogP contribution in [0.1, 0.15) is 42.4 Å². The largest absolute Gasteiger partial charge is 0.490 e. The lowest BCUT2D eigenvalue weighted by molar-refractivity contribution is -0.114. The van der Waals surface area contributed by atoms with Crippen molar-refractivity contribution >= 4 is 27.3 Å². The van der Waals surface area contributed by atoms with E-state index >= 15 is 0 Å². The van der Waals surface area contributed by atoms with Gasteiger partial charge in [0.2, 0.25) is 5.91 Å². The predicted octanol–water partition coefficient (Wildman–Crippen LogP) is 5.77. The Bertz CT molecular complexity index is 1280. The van der Waals surface area contributed by atoms with Crippen LogP contribution in [0, 0.1) is 20.8 Å². The highest BCUT2D eigenvalue weighted by Gasteiger charge is 2.28. The van der Waals surface area contributed by atoms with Crippen LogP contribution >= 0.6 is 0 Å². The Morgan fingerprint density at radius 1 is 0.914 bits per heavy atom. The van der Waals surface area contributed by atoms with Gasteiger partial charge < -0.3 is 10.1 Å². The number of carbonyl (C=O) groups is 1. The molecule has 4 rings (SSSR count). The maximum atomic E-state index is 13.6. The predicted molar refractivity (Wildman–Crippen MR) is 140 cm³/mol. The number of ether oxygens (including phenoxy) is 1. The molecule has 0 bridgehead atoms. The zero-order chi connectivity index (χ0) is 25.0. The van der Waals surface area contributed by atoms with Crippen LogP contribution in [0.2, 0.25) is 0 Å². The highest BCUT2D eigenvalue weighted by molar-refractivity contribution is 7.92. The molecule has 0 atom stereocenters. The molecule has 7 heteroatoms. The Morgan fingerprint density at radius 3 is 2.17 bits per heavy atom. The molecule has 1 aliphatic rings. The fraction of sp³-hybridized carbons (Fsp3) is 0.321. The van der Waals surface area contributed by atoms with Crippen LogP contribution in [0.4, 0.5) is 11.4 Å². The number of hydrogen-bond acceptors (Lipinski definition) is 4. The molecule has 0 unspecified atom stereocenters. The van der Waals surface area contributed by atoms with Gasteiger partial charge in [0.15, 0.2) is 0 Å². The first-order chi connectivity index (χ1) is 16.7. The fourth-order valence-electron chi connectivity index (χ4n) is 4.37. The van der Waals surface area contributed by atoms with Gasteiger partial charge in [0.1, 0.15) is 12.3 Å². The highest BCUT2D eigenvalue weighted by Crippen LogP contribution is 2.28. The van der Waals surface area contributed by atoms with Gasteiger partial charge in [-0.25, -0.2) is 8.42 Å². The van der Waals surface area contributed by atoms with E-state index < -0.39 is 15.9 Å². The molecule has 1 aliphatic carbocycles. The minimum Gasteiger partial charge on any atom is -0.490 e. The van der Waals surface area contributed by atoms with E-state index in [9.17, 15) is 13.2 Å². The first kappa shape index (κ1) is 24.8. The van der Waals surface area contributed by atoms with Crippen LogP contribution in [0.15, 0.2) is 71.6 Å². The smallest absolute Gasteiger partial charge is 0.264 e. The van der Waals surface area contributed by atoms with Crippen molar-refractivity contribution in [1.82, 2.24) is 0 Å². The number of sulfonamides is 1. The van der Waals surface area contributed by atoms with Crippen LogP contribution in [0.5, 0.6) is 5.75 Å². The van der Waals surface area contributed by atoms with Gasteiger partial charge in [-0.05, 0) is 94.5 Å². The standard InChI is InChI=1S/C28H32N2O4S/c1-20-8-15-26(16-9-20)35(32,33)30(27-17-10-21(2)18-22(27)3)19-28(31)29-23-11-13-25(14-12-23)34-24-6-4-5-7-24/h8-18,24H,4-7,19H2,1-3H3,(H,29,31). The average Bonchev–Trinajstić information content (AvgIpc) is 3.33. The van der Waals surface area contributed by atoms with Gasteiger partial charge in [0, 0.05) is 5.69 Å². The van der Waals surface area contributed by atoms with E-state index in [0.717, 1.165) is 35.3 Å². The molecule has 3 aromatic carbocycles. The molecule has 0 saturated heterocycles. The number of rotatable bonds is 8. The monoisotopic (exact) mass is 492 g/mol. The van der Waals surface area contributed by atoms with E-state index in [1.807, 2.05) is 45.0 Å². The van der Waals surface area contributed by atoms with Gasteiger partial charge in [-0.15, -0.1) is 0 Å². The Labute approximate surface area is 208 Å². The molecule has 0 radical (unpaired) electrons. The molecule has 0 heterocycles. The number of benzene rings is 3. The first-order valence-electron chi connectivity index (χ1n) is 12.0. The zero-order valence-corrected chi connectivity index (χ0v) is 21.3. The van der Waals surface area contributed by atoms with Gasteiger partial charge in [0.25, 0.3) is 10.0 Å². The van der Waals surface area contributed by atoms with Crippen molar-refractivity contribution < 1.29 is 17.9 Å². The molecule has 35 heavy (non-hydrogen) atoms. The van der Waals surface area contributed by atoms with Gasteiger partial charge in [-0.1, -0.05) is 35.4 Å². The Morgan fingerprint density at radius 2 is 1.54 bits per heavy atom. The summed E-state index contributed by atoms with van der Waals surface area (Å²) in [5, 5.41) is 2.83. The molecule has 1 amide bonds. The summed E-state index contributed by atoms with van der Waals surface area (Å²) in [5.74, 6) is 0.346. The highest BCUT2D eigenvalue weighted by atomic mass is 32.2.